The smallest absolute Gasteiger partial charge is 0.125 e. The second-order valence-corrected chi connectivity index (χ2v) is 5.36. The number of aryl methyl sites for hydroxylation is 1. The van der Waals surface area contributed by atoms with E-state index in [1.807, 2.05) is 19.2 Å². The Hall–Kier alpha value is -0.960. The fourth-order valence-corrected chi connectivity index (χ4v) is 2.75. The molecular formula is C14H23N3. The van der Waals surface area contributed by atoms with Crippen LogP contribution in [0.15, 0.2) is 12.3 Å². The second-order valence-electron chi connectivity index (χ2n) is 5.36. The summed E-state index contributed by atoms with van der Waals surface area (Å²) in [7, 11) is 0. The van der Waals surface area contributed by atoms with Gasteiger partial charge >= 0.3 is 0 Å². The summed E-state index contributed by atoms with van der Waals surface area (Å²) in [6, 6.07) is 1.99. The van der Waals surface area contributed by atoms with Crippen LogP contribution in [0.2, 0.25) is 0 Å². The molecule has 2 unspecified atom stereocenters. The minimum absolute atomic E-state index is 0.857. The fraction of sp³-hybridized carbons (Fsp3) is 0.714. The van der Waals surface area contributed by atoms with Gasteiger partial charge in [0.25, 0.3) is 0 Å². The molecule has 1 N–H and O–H groups in total. The molecule has 17 heavy (non-hydrogen) atoms. The van der Waals surface area contributed by atoms with Crippen LogP contribution in [0.5, 0.6) is 0 Å². The lowest BCUT2D eigenvalue weighted by molar-refractivity contribution is 0.274. The van der Waals surface area contributed by atoms with E-state index in [1.54, 1.807) is 0 Å². The van der Waals surface area contributed by atoms with Gasteiger partial charge in [-0.2, -0.15) is 0 Å². The molecule has 1 aliphatic rings. The van der Waals surface area contributed by atoms with Crippen molar-refractivity contribution in [3.8, 4) is 0 Å². The Bertz CT molecular complexity index is 351. The van der Waals surface area contributed by atoms with Crippen molar-refractivity contribution in [2.75, 3.05) is 6.54 Å². The highest BCUT2D eigenvalue weighted by atomic mass is 14.9. The van der Waals surface area contributed by atoms with E-state index in [0.717, 1.165) is 36.4 Å². The van der Waals surface area contributed by atoms with Gasteiger partial charge in [-0.05, 0) is 44.2 Å². The molecule has 1 fully saturated rings. The number of hydrogen-bond acceptors (Lipinski definition) is 3. The molecule has 0 spiro atoms. The summed E-state index contributed by atoms with van der Waals surface area (Å²) in [4.78, 5) is 8.51. The highest BCUT2D eigenvalue weighted by Gasteiger charge is 2.18. The van der Waals surface area contributed by atoms with Gasteiger partial charge in [0.2, 0.25) is 0 Å². The summed E-state index contributed by atoms with van der Waals surface area (Å²) < 4.78 is 0. The molecule has 2 rings (SSSR count). The minimum atomic E-state index is 0.857. The summed E-state index contributed by atoms with van der Waals surface area (Å²) in [5.74, 6) is 2.63. The molecule has 94 valence electrons. The van der Waals surface area contributed by atoms with Crippen LogP contribution >= 0.6 is 0 Å². The Labute approximate surface area is 104 Å². The summed E-state index contributed by atoms with van der Waals surface area (Å²) in [6.45, 7) is 6.31. The Morgan fingerprint density at radius 2 is 2.29 bits per heavy atom. The van der Waals surface area contributed by atoms with Gasteiger partial charge in [-0.25, -0.2) is 9.97 Å². The van der Waals surface area contributed by atoms with E-state index < -0.39 is 0 Å². The Kier molecular flexibility index (Phi) is 4.49. The van der Waals surface area contributed by atoms with E-state index in [9.17, 15) is 0 Å². The second kappa shape index (κ2) is 6.10. The number of aromatic nitrogens is 2. The van der Waals surface area contributed by atoms with E-state index in [4.69, 9.17) is 0 Å². The number of rotatable bonds is 4. The quantitative estimate of drug-likeness (QED) is 0.869. The third-order valence-electron chi connectivity index (χ3n) is 3.62. The highest BCUT2D eigenvalue weighted by Crippen LogP contribution is 2.27. The summed E-state index contributed by atoms with van der Waals surface area (Å²) in [5, 5.41) is 3.53. The van der Waals surface area contributed by atoms with Crippen LogP contribution in [-0.4, -0.2) is 16.5 Å². The lowest BCUT2D eigenvalue weighted by atomic mass is 9.82. The van der Waals surface area contributed by atoms with Crippen LogP contribution in [0.3, 0.4) is 0 Å². The molecule has 1 aliphatic carbocycles. The number of hydrogen-bond donors (Lipinski definition) is 1. The molecule has 2 atom stereocenters. The van der Waals surface area contributed by atoms with Crippen molar-refractivity contribution >= 4 is 0 Å². The van der Waals surface area contributed by atoms with Crippen molar-refractivity contribution in [1.29, 1.82) is 0 Å². The van der Waals surface area contributed by atoms with Crippen LogP contribution in [-0.2, 0) is 6.54 Å². The van der Waals surface area contributed by atoms with Crippen molar-refractivity contribution in [2.24, 2.45) is 11.8 Å². The van der Waals surface area contributed by atoms with Gasteiger partial charge in [0.05, 0.1) is 5.69 Å². The van der Waals surface area contributed by atoms with Crippen molar-refractivity contribution < 1.29 is 0 Å². The van der Waals surface area contributed by atoms with E-state index in [0.29, 0.717) is 0 Å². The van der Waals surface area contributed by atoms with E-state index in [-0.39, 0.29) is 0 Å². The molecule has 1 aromatic heterocycles. The lowest BCUT2D eigenvalue weighted by Gasteiger charge is -2.26. The van der Waals surface area contributed by atoms with Gasteiger partial charge in [0.1, 0.15) is 5.82 Å². The third-order valence-corrected chi connectivity index (χ3v) is 3.62. The monoisotopic (exact) mass is 233 g/mol. The van der Waals surface area contributed by atoms with Crippen molar-refractivity contribution in [1.82, 2.24) is 15.3 Å². The molecule has 1 aromatic rings. The van der Waals surface area contributed by atoms with E-state index in [1.165, 1.54) is 25.7 Å². The van der Waals surface area contributed by atoms with E-state index >= 15 is 0 Å². The van der Waals surface area contributed by atoms with Crippen LogP contribution in [0.25, 0.3) is 0 Å². The molecule has 3 heteroatoms. The first kappa shape index (κ1) is 12.5. The zero-order valence-corrected chi connectivity index (χ0v) is 10.9. The number of nitrogens with one attached hydrogen (secondary N) is 1. The maximum absolute atomic E-state index is 4.40. The summed E-state index contributed by atoms with van der Waals surface area (Å²) >= 11 is 0. The van der Waals surface area contributed by atoms with Gasteiger partial charge < -0.3 is 5.32 Å². The van der Waals surface area contributed by atoms with Gasteiger partial charge in [0, 0.05) is 12.7 Å². The fourth-order valence-electron chi connectivity index (χ4n) is 2.75. The average molecular weight is 233 g/mol. The average Bonchev–Trinajstić information content (AvgIpc) is 2.29. The van der Waals surface area contributed by atoms with Crippen LogP contribution in [0, 0.1) is 18.8 Å². The largest absolute Gasteiger partial charge is 0.311 e. The molecule has 1 saturated carbocycles. The number of nitrogens with zero attached hydrogens (tertiary/aromatic N) is 2. The minimum Gasteiger partial charge on any atom is -0.311 e. The molecule has 0 aliphatic heterocycles. The molecular weight excluding hydrogens is 210 g/mol. The van der Waals surface area contributed by atoms with Gasteiger partial charge in [0.15, 0.2) is 0 Å². The molecule has 0 bridgehead atoms. The Morgan fingerprint density at radius 3 is 3.06 bits per heavy atom. The molecule has 0 saturated heterocycles. The highest BCUT2D eigenvalue weighted by molar-refractivity contribution is 5.01. The van der Waals surface area contributed by atoms with Crippen LogP contribution < -0.4 is 5.32 Å². The third kappa shape index (κ3) is 4.08. The van der Waals surface area contributed by atoms with Crippen molar-refractivity contribution in [3.63, 3.8) is 0 Å². The van der Waals surface area contributed by atoms with Crippen molar-refractivity contribution in [3.05, 3.63) is 23.8 Å². The maximum Gasteiger partial charge on any atom is 0.125 e. The Morgan fingerprint density at radius 1 is 1.41 bits per heavy atom. The SMILES string of the molecule is Cc1nccc(CNCC2CCCC(C)C2)n1. The molecule has 1 heterocycles. The first-order valence-corrected chi connectivity index (χ1v) is 6.73. The Balaban J connectivity index is 1.72. The first-order valence-electron chi connectivity index (χ1n) is 6.73. The van der Waals surface area contributed by atoms with Crippen molar-refractivity contribution in [2.45, 2.75) is 46.1 Å². The zero-order valence-electron chi connectivity index (χ0n) is 10.9. The predicted octanol–water partition coefficient (Wildman–Crippen LogP) is 2.70. The summed E-state index contributed by atoms with van der Waals surface area (Å²) in [6.07, 6.45) is 7.43. The molecule has 3 nitrogen and oxygen atoms in total. The molecule has 0 aromatic carbocycles. The summed E-state index contributed by atoms with van der Waals surface area (Å²) in [5.41, 5.74) is 1.10. The molecule has 0 radical (unpaired) electrons. The van der Waals surface area contributed by atoms with E-state index in [2.05, 4.69) is 22.2 Å². The van der Waals surface area contributed by atoms with Crippen LogP contribution in [0.4, 0.5) is 0 Å². The topological polar surface area (TPSA) is 37.8 Å². The first-order chi connectivity index (χ1) is 8.24. The predicted molar refractivity (Wildman–Crippen MR) is 69.6 cm³/mol. The zero-order chi connectivity index (χ0) is 12.1. The molecule has 0 amide bonds. The van der Waals surface area contributed by atoms with Gasteiger partial charge in [-0.1, -0.05) is 19.8 Å². The van der Waals surface area contributed by atoms with Gasteiger partial charge in [-0.3, -0.25) is 0 Å². The maximum atomic E-state index is 4.40. The normalized spacial score (nSPS) is 24.8. The van der Waals surface area contributed by atoms with Gasteiger partial charge in [-0.15, -0.1) is 0 Å². The lowest BCUT2D eigenvalue weighted by Crippen LogP contribution is -2.26. The standard InChI is InChI=1S/C14H23N3/c1-11-4-3-5-13(8-11)9-15-10-14-6-7-16-12(2)17-14/h6-7,11,13,15H,3-5,8-10H2,1-2H3. The van der Waals surface area contributed by atoms with Crippen LogP contribution in [0.1, 0.15) is 44.1 Å².